The van der Waals surface area contributed by atoms with E-state index in [0.29, 0.717) is 5.56 Å². The van der Waals surface area contributed by atoms with Crippen LogP contribution >= 0.6 is 12.4 Å². The molecule has 0 aliphatic carbocycles. The van der Waals surface area contributed by atoms with Gasteiger partial charge in [-0.15, -0.1) is 12.4 Å². The normalized spacial score (nSPS) is 10.0. The molecule has 2 nitrogen and oxygen atoms in total. The summed E-state index contributed by atoms with van der Waals surface area (Å²) in [5.74, 6) is -0.393. The molecule has 3 heteroatoms. The van der Waals surface area contributed by atoms with E-state index in [1.54, 1.807) is 0 Å². The fraction of sp³-hybridized carbons (Fsp3) is 0. The smallest absolute Gasteiger partial charge is 0.249 e. The molecule has 0 unspecified atom stereocenters. The number of primary amides is 1. The van der Waals surface area contributed by atoms with Crippen molar-refractivity contribution in [3.05, 3.63) is 72.3 Å². The average Bonchev–Trinajstić information content (AvgIpc) is 2.46. The summed E-state index contributed by atoms with van der Waals surface area (Å²) in [4.78, 5) is 11.8. The number of hydrogen-bond acceptors (Lipinski definition) is 1. The average molecular weight is 284 g/mol. The monoisotopic (exact) mass is 283 g/mol. The van der Waals surface area contributed by atoms with Gasteiger partial charge in [-0.1, -0.05) is 66.7 Å². The molecule has 0 aromatic heterocycles. The molecule has 0 spiro atoms. The molecule has 0 saturated carbocycles. The number of nitrogens with two attached hydrogens (primary N) is 1. The maximum atomic E-state index is 11.8. The van der Waals surface area contributed by atoms with Gasteiger partial charge in [-0.2, -0.15) is 0 Å². The maximum absolute atomic E-state index is 11.8. The number of carbonyl (C=O) groups is 1. The molecule has 2 N–H and O–H groups in total. The summed E-state index contributed by atoms with van der Waals surface area (Å²) in [6.45, 7) is 0. The molecule has 0 atom stereocenters. The Morgan fingerprint density at radius 1 is 0.800 bits per heavy atom. The van der Waals surface area contributed by atoms with Crippen LogP contribution in [0.5, 0.6) is 0 Å². The van der Waals surface area contributed by atoms with Crippen molar-refractivity contribution in [2.75, 3.05) is 0 Å². The highest BCUT2D eigenvalue weighted by molar-refractivity contribution is 6.11. The second kappa shape index (κ2) is 5.76. The molecule has 20 heavy (non-hydrogen) atoms. The van der Waals surface area contributed by atoms with Crippen molar-refractivity contribution >= 4 is 29.1 Å². The Hall–Kier alpha value is -2.32. The van der Waals surface area contributed by atoms with Crippen LogP contribution in [0.3, 0.4) is 0 Å². The molecule has 3 aromatic carbocycles. The Balaban J connectivity index is 0.00000147. The van der Waals surface area contributed by atoms with E-state index in [1.807, 2.05) is 66.7 Å². The zero-order chi connectivity index (χ0) is 13.2. The van der Waals surface area contributed by atoms with E-state index < -0.39 is 5.91 Å². The first-order valence-corrected chi connectivity index (χ1v) is 6.14. The lowest BCUT2D eigenvalue weighted by Gasteiger charge is -2.10. The van der Waals surface area contributed by atoms with Crippen LogP contribution < -0.4 is 5.73 Å². The van der Waals surface area contributed by atoms with Crippen molar-refractivity contribution in [1.29, 1.82) is 0 Å². The molecule has 1 amide bonds. The lowest BCUT2D eigenvalue weighted by atomic mass is 9.94. The van der Waals surface area contributed by atoms with Crippen LogP contribution in [0.25, 0.3) is 21.9 Å². The maximum Gasteiger partial charge on any atom is 0.249 e. The minimum absolute atomic E-state index is 0. The van der Waals surface area contributed by atoms with Crippen LogP contribution in [0.4, 0.5) is 0 Å². The number of amides is 1. The fourth-order valence-corrected chi connectivity index (χ4v) is 2.40. The summed E-state index contributed by atoms with van der Waals surface area (Å²) in [6.07, 6.45) is 0. The van der Waals surface area contributed by atoms with Crippen LogP contribution in [0.15, 0.2) is 66.7 Å². The van der Waals surface area contributed by atoms with Crippen molar-refractivity contribution in [1.82, 2.24) is 0 Å². The van der Waals surface area contributed by atoms with Crippen LogP contribution in [-0.2, 0) is 0 Å². The van der Waals surface area contributed by atoms with Gasteiger partial charge < -0.3 is 5.73 Å². The Morgan fingerprint density at radius 3 is 2.15 bits per heavy atom. The van der Waals surface area contributed by atoms with E-state index in [-0.39, 0.29) is 12.4 Å². The molecule has 0 fully saturated rings. The molecular formula is C17H14ClNO. The second-order valence-electron chi connectivity index (χ2n) is 4.44. The molecule has 0 bridgehead atoms. The summed E-state index contributed by atoms with van der Waals surface area (Å²) >= 11 is 0. The Labute approximate surface area is 123 Å². The molecule has 3 aromatic rings. The third-order valence-electron chi connectivity index (χ3n) is 3.26. The van der Waals surface area contributed by atoms with Gasteiger partial charge in [0.2, 0.25) is 5.91 Å². The van der Waals surface area contributed by atoms with Crippen molar-refractivity contribution in [3.63, 3.8) is 0 Å². The Bertz CT molecular complexity index is 753. The summed E-state index contributed by atoms with van der Waals surface area (Å²) in [7, 11) is 0. The lowest BCUT2D eigenvalue weighted by molar-refractivity contribution is 0.100. The zero-order valence-electron chi connectivity index (χ0n) is 10.7. The first-order valence-electron chi connectivity index (χ1n) is 6.14. The van der Waals surface area contributed by atoms with Gasteiger partial charge in [0.1, 0.15) is 0 Å². The predicted molar refractivity (Wildman–Crippen MR) is 85.1 cm³/mol. The minimum Gasteiger partial charge on any atom is -0.366 e. The molecule has 100 valence electrons. The van der Waals surface area contributed by atoms with E-state index in [4.69, 9.17) is 5.73 Å². The van der Waals surface area contributed by atoms with Crippen LogP contribution in [-0.4, -0.2) is 5.91 Å². The molecule has 0 aliphatic rings. The van der Waals surface area contributed by atoms with Gasteiger partial charge >= 0.3 is 0 Å². The Morgan fingerprint density at radius 2 is 1.45 bits per heavy atom. The van der Waals surface area contributed by atoms with E-state index in [2.05, 4.69) is 0 Å². The number of rotatable bonds is 2. The zero-order valence-corrected chi connectivity index (χ0v) is 11.6. The number of carbonyl (C=O) groups excluding carboxylic acids is 1. The number of hydrogen-bond donors (Lipinski definition) is 1. The van der Waals surface area contributed by atoms with Gasteiger partial charge in [0.25, 0.3) is 0 Å². The molecular weight excluding hydrogens is 270 g/mol. The number of halogens is 1. The highest BCUT2D eigenvalue weighted by atomic mass is 35.5. The van der Waals surface area contributed by atoms with Gasteiger partial charge in [0.05, 0.1) is 5.56 Å². The van der Waals surface area contributed by atoms with Crippen molar-refractivity contribution < 1.29 is 4.79 Å². The van der Waals surface area contributed by atoms with E-state index in [0.717, 1.165) is 21.9 Å². The SMILES string of the molecule is Cl.NC(=O)c1c(-c2ccccc2)ccc2ccccc12. The summed E-state index contributed by atoms with van der Waals surface area (Å²) in [5, 5.41) is 1.92. The van der Waals surface area contributed by atoms with Crippen LogP contribution in [0.2, 0.25) is 0 Å². The van der Waals surface area contributed by atoms with Gasteiger partial charge in [-0.05, 0) is 21.9 Å². The van der Waals surface area contributed by atoms with Gasteiger partial charge in [0, 0.05) is 0 Å². The number of fused-ring (bicyclic) bond motifs is 1. The fourth-order valence-electron chi connectivity index (χ4n) is 2.40. The van der Waals surface area contributed by atoms with Crippen LogP contribution in [0.1, 0.15) is 10.4 Å². The first kappa shape index (κ1) is 14.1. The standard InChI is InChI=1S/C17H13NO.ClH/c18-17(19)16-14-9-5-4-8-13(14)10-11-15(16)12-6-2-1-3-7-12;/h1-11H,(H2,18,19);1H. The third kappa shape index (κ3) is 2.38. The van der Waals surface area contributed by atoms with E-state index in [9.17, 15) is 4.79 Å². The first-order chi connectivity index (χ1) is 9.27. The predicted octanol–water partition coefficient (Wildman–Crippen LogP) is 4.03. The quantitative estimate of drug-likeness (QED) is 0.758. The highest BCUT2D eigenvalue weighted by Crippen LogP contribution is 2.29. The summed E-state index contributed by atoms with van der Waals surface area (Å²) < 4.78 is 0. The van der Waals surface area contributed by atoms with E-state index in [1.165, 1.54) is 0 Å². The summed E-state index contributed by atoms with van der Waals surface area (Å²) in [6, 6.07) is 21.6. The topological polar surface area (TPSA) is 43.1 Å². The Kier molecular flexibility index (Phi) is 4.06. The third-order valence-corrected chi connectivity index (χ3v) is 3.26. The molecule has 0 saturated heterocycles. The van der Waals surface area contributed by atoms with Crippen LogP contribution in [0, 0.1) is 0 Å². The van der Waals surface area contributed by atoms with Crippen molar-refractivity contribution in [2.45, 2.75) is 0 Å². The van der Waals surface area contributed by atoms with Crippen molar-refractivity contribution in [2.24, 2.45) is 5.73 Å². The van der Waals surface area contributed by atoms with E-state index >= 15 is 0 Å². The van der Waals surface area contributed by atoms with Gasteiger partial charge in [-0.3, -0.25) is 4.79 Å². The number of benzene rings is 3. The van der Waals surface area contributed by atoms with Gasteiger partial charge in [0.15, 0.2) is 0 Å². The summed E-state index contributed by atoms with van der Waals surface area (Å²) in [5.41, 5.74) is 8.05. The highest BCUT2D eigenvalue weighted by Gasteiger charge is 2.13. The van der Waals surface area contributed by atoms with Gasteiger partial charge in [-0.25, -0.2) is 0 Å². The largest absolute Gasteiger partial charge is 0.366 e. The molecule has 3 rings (SSSR count). The molecule has 0 heterocycles. The second-order valence-corrected chi connectivity index (χ2v) is 4.44. The molecule has 0 aliphatic heterocycles. The van der Waals surface area contributed by atoms with Crippen molar-refractivity contribution in [3.8, 4) is 11.1 Å². The lowest BCUT2D eigenvalue weighted by Crippen LogP contribution is -2.13. The minimum atomic E-state index is -0.393. The molecule has 0 radical (unpaired) electrons.